The van der Waals surface area contributed by atoms with E-state index in [-0.39, 0.29) is 5.91 Å². The van der Waals surface area contributed by atoms with Gasteiger partial charge in [0.15, 0.2) is 0 Å². The third-order valence-electron chi connectivity index (χ3n) is 1.83. The molecule has 0 aromatic rings. The van der Waals surface area contributed by atoms with Crippen LogP contribution in [0, 0.1) is 0 Å². The molecule has 4 nitrogen and oxygen atoms in total. The van der Waals surface area contributed by atoms with Crippen LogP contribution in [-0.2, 0) is 4.79 Å². The molecule has 1 saturated heterocycles. The second-order valence-electron chi connectivity index (χ2n) is 2.54. The molecule has 2 aliphatic rings. The number of hydrogen-bond acceptors (Lipinski definition) is 3. The summed E-state index contributed by atoms with van der Waals surface area (Å²) in [6.07, 6.45) is 3.43. The molecule has 0 spiro atoms. The normalized spacial score (nSPS) is 22.4. The van der Waals surface area contributed by atoms with Crippen molar-refractivity contribution in [1.29, 1.82) is 0 Å². The minimum atomic E-state index is 0.0161. The van der Waals surface area contributed by atoms with Crippen molar-refractivity contribution in [2.45, 2.75) is 0 Å². The molecule has 0 radical (unpaired) electrons. The molecule has 2 rings (SSSR count). The lowest BCUT2D eigenvalue weighted by Crippen LogP contribution is -2.46. The number of carbonyl (C=O) groups excluding carboxylic acids is 1. The van der Waals surface area contributed by atoms with Crippen LogP contribution >= 0.6 is 0 Å². The van der Waals surface area contributed by atoms with Crippen LogP contribution in [0.5, 0.6) is 0 Å². The van der Waals surface area contributed by atoms with E-state index in [0.717, 1.165) is 18.8 Å². The molecule has 0 aromatic carbocycles. The molecular formula is C7H9N3O. The van der Waals surface area contributed by atoms with E-state index in [1.807, 2.05) is 4.90 Å². The highest BCUT2D eigenvalue weighted by Gasteiger charge is 2.22. The van der Waals surface area contributed by atoms with Gasteiger partial charge < -0.3 is 10.2 Å². The average molecular weight is 151 g/mol. The molecule has 0 atom stereocenters. The van der Waals surface area contributed by atoms with Crippen molar-refractivity contribution in [3.63, 3.8) is 0 Å². The van der Waals surface area contributed by atoms with Crippen molar-refractivity contribution in [2.24, 2.45) is 4.99 Å². The lowest BCUT2D eigenvalue weighted by Gasteiger charge is -2.30. The smallest absolute Gasteiger partial charge is 0.267 e. The summed E-state index contributed by atoms with van der Waals surface area (Å²) in [4.78, 5) is 17.2. The lowest BCUT2D eigenvalue weighted by molar-refractivity contribution is -0.120. The van der Waals surface area contributed by atoms with Gasteiger partial charge in [0.2, 0.25) is 0 Å². The minimum Gasteiger partial charge on any atom is -0.349 e. The molecule has 2 heterocycles. The van der Waals surface area contributed by atoms with Crippen molar-refractivity contribution in [3.05, 3.63) is 11.8 Å². The van der Waals surface area contributed by atoms with E-state index in [0.29, 0.717) is 6.67 Å². The van der Waals surface area contributed by atoms with Crippen LogP contribution in [0.1, 0.15) is 0 Å². The predicted molar refractivity (Wildman–Crippen MR) is 41.2 cm³/mol. The summed E-state index contributed by atoms with van der Waals surface area (Å²) in [7, 11) is 0. The molecule has 1 N–H and O–H groups in total. The Morgan fingerprint density at radius 3 is 3.36 bits per heavy atom. The number of piperazine rings is 1. The summed E-state index contributed by atoms with van der Waals surface area (Å²) in [5.41, 5.74) is 0.742. The van der Waals surface area contributed by atoms with Crippen molar-refractivity contribution >= 4 is 12.1 Å². The summed E-state index contributed by atoms with van der Waals surface area (Å²) in [5.74, 6) is 0.0161. The van der Waals surface area contributed by atoms with Crippen LogP contribution < -0.4 is 5.32 Å². The fraction of sp³-hybridized carbons (Fsp3) is 0.429. The van der Waals surface area contributed by atoms with Gasteiger partial charge in [-0.2, -0.15) is 0 Å². The fourth-order valence-corrected chi connectivity index (χ4v) is 1.26. The van der Waals surface area contributed by atoms with Crippen molar-refractivity contribution in [3.8, 4) is 0 Å². The largest absolute Gasteiger partial charge is 0.349 e. The Morgan fingerprint density at radius 1 is 1.64 bits per heavy atom. The Balaban J connectivity index is 2.27. The number of allylic oxidation sites excluding steroid dienone is 1. The molecule has 1 fully saturated rings. The first-order valence-electron chi connectivity index (χ1n) is 3.61. The van der Waals surface area contributed by atoms with Gasteiger partial charge in [-0.25, -0.2) is 0 Å². The van der Waals surface area contributed by atoms with Crippen molar-refractivity contribution in [2.75, 3.05) is 19.8 Å². The standard InChI is InChI=1S/C7H9N3O/c11-7-6-1-2-8-5-10(6)4-3-9-7/h1-2H,3-5H2,(H,9,11). The third kappa shape index (κ3) is 1.00. The van der Waals surface area contributed by atoms with Gasteiger partial charge in [0.05, 0.1) is 0 Å². The maximum Gasteiger partial charge on any atom is 0.267 e. The molecule has 1 amide bonds. The highest BCUT2D eigenvalue weighted by molar-refractivity contribution is 5.97. The van der Waals surface area contributed by atoms with Gasteiger partial charge >= 0.3 is 0 Å². The predicted octanol–water partition coefficient (Wildman–Crippen LogP) is -0.656. The van der Waals surface area contributed by atoms with E-state index in [9.17, 15) is 4.79 Å². The molecule has 0 aliphatic carbocycles. The van der Waals surface area contributed by atoms with Gasteiger partial charge in [-0.1, -0.05) is 0 Å². The first-order chi connectivity index (χ1) is 5.38. The maximum absolute atomic E-state index is 11.1. The zero-order chi connectivity index (χ0) is 7.68. The average Bonchev–Trinajstić information content (AvgIpc) is 2.06. The summed E-state index contributed by atoms with van der Waals surface area (Å²) in [6, 6.07) is 0. The number of hydrogen-bond donors (Lipinski definition) is 1. The zero-order valence-electron chi connectivity index (χ0n) is 6.08. The van der Waals surface area contributed by atoms with E-state index in [1.54, 1.807) is 12.3 Å². The van der Waals surface area contributed by atoms with Crippen molar-refractivity contribution in [1.82, 2.24) is 10.2 Å². The van der Waals surface area contributed by atoms with Gasteiger partial charge in [0.25, 0.3) is 5.91 Å². The molecule has 4 heteroatoms. The molecule has 11 heavy (non-hydrogen) atoms. The van der Waals surface area contributed by atoms with Gasteiger partial charge in [-0.05, 0) is 6.08 Å². The Hall–Kier alpha value is -1.32. The van der Waals surface area contributed by atoms with E-state index in [2.05, 4.69) is 10.3 Å². The van der Waals surface area contributed by atoms with E-state index in [1.165, 1.54) is 0 Å². The highest BCUT2D eigenvalue weighted by Crippen LogP contribution is 2.09. The second kappa shape index (κ2) is 2.38. The van der Waals surface area contributed by atoms with Crippen LogP contribution in [0.15, 0.2) is 16.8 Å². The molecule has 0 bridgehead atoms. The molecule has 0 unspecified atom stereocenters. The van der Waals surface area contributed by atoms with Gasteiger partial charge in [0.1, 0.15) is 12.4 Å². The number of nitrogens with one attached hydrogen (secondary N) is 1. The number of carbonyl (C=O) groups is 1. The van der Waals surface area contributed by atoms with E-state index in [4.69, 9.17) is 0 Å². The summed E-state index contributed by atoms with van der Waals surface area (Å²) >= 11 is 0. The fourth-order valence-electron chi connectivity index (χ4n) is 1.26. The topological polar surface area (TPSA) is 44.7 Å². The first-order valence-corrected chi connectivity index (χ1v) is 3.61. The monoisotopic (exact) mass is 151 g/mol. The second-order valence-corrected chi connectivity index (χ2v) is 2.54. The first kappa shape index (κ1) is 6.39. The number of nitrogens with zero attached hydrogens (tertiary/aromatic N) is 2. The quantitative estimate of drug-likeness (QED) is 0.499. The van der Waals surface area contributed by atoms with E-state index >= 15 is 0 Å². The summed E-state index contributed by atoms with van der Waals surface area (Å²) in [5, 5.41) is 2.77. The zero-order valence-corrected chi connectivity index (χ0v) is 6.08. The number of amides is 1. The van der Waals surface area contributed by atoms with Crippen LogP contribution in [0.25, 0.3) is 0 Å². The SMILES string of the molecule is O=C1NCCN2CN=CC=C12. The molecular weight excluding hydrogens is 142 g/mol. The van der Waals surface area contributed by atoms with Gasteiger partial charge in [0, 0.05) is 19.3 Å². The van der Waals surface area contributed by atoms with E-state index < -0.39 is 0 Å². The molecule has 58 valence electrons. The molecule has 0 saturated carbocycles. The Kier molecular flexibility index (Phi) is 1.38. The number of aliphatic imine (C=N–C) groups is 1. The van der Waals surface area contributed by atoms with Crippen LogP contribution in [-0.4, -0.2) is 36.8 Å². The molecule has 2 aliphatic heterocycles. The minimum absolute atomic E-state index is 0.0161. The number of fused-ring (bicyclic) bond motifs is 1. The Bertz CT molecular complexity index is 244. The summed E-state index contributed by atoms with van der Waals surface area (Å²) < 4.78 is 0. The number of rotatable bonds is 0. The Labute approximate surface area is 64.6 Å². The van der Waals surface area contributed by atoms with Crippen molar-refractivity contribution < 1.29 is 4.79 Å². The van der Waals surface area contributed by atoms with Crippen LogP contribution in [0.3, 0.4) is 0 Å². The van der Waals surface area contributed by atoms with Gasteiger partial charge in [-0.3, -0.25) is 9.79 Å². The van der Waals surface area contributed by atoms with Crippen LogP contribution in [0.2, 0.25) is 0 Å². The van der Waals surface area contributed by atoms with Crippen LogP contribution in [0.4, 0.5) is 0 Å². The third-order valence-corrected chi connectivity index (χ3v) is 1.83. The lowest BCUT2D eigenvalue weighted by atomic mass is 10.2. The highest BCUT2D eigenvalue weighted by atomic mass is 16.2. The van der Waals surface area contributed by atoms with Gasteiger partial charge in [-0.15, -0.1) is 0 Å². The Morgan fingerprint density at radius 2 is 2.55 bits per heavy atom. The molecule has 0 aromatic heterocycles. The maximum atomic E-state index is 11.1. The summed E-state index contributed by atoms with van der Waals surface area (Å²) in [6.45, 7) is 2.22.